The number of hydrogen-bond acceptors (Lipinski definition) is 3. The topological polar surface area (TPSA) is 49.9 Å². The van der Waals surface area contributed by atoms with E-state index in [-0.39, 0.29) is 17.4 Å². The van der Waals surface area contributed by atoms with Gasteiger partial charge in [-0.05, 0) is 56.2 Å². The molecule has 2 heterocycles. The molecule has 1 atom stereocenters. The summed E-state index contributed by atoms with van der Waals surface area (Å²) in [5.41, 5.74) is -0.230. The van der Waals surface area contributed by atoms with Gasteiger partial charge in [-0.15, -0.1) is 0 Å². The second kappa shape index (κ2) is 6.56. The highest BCUT2D eigenvalue weighted by Gasteiger charge is 2.50. The van der Waals surface area contributed by atoms with Crippen molar-refractivity contribution in [1.29, 1.82) is 0 Å². The van der Waals surface area contributed by atoms with Crippen molar-refractivity contribution in [2.75, 3.05) is 33.3 Å². The number of ether oxygens (including phenoxy) is 1. The molecule has 0 radical (unpaired) electrons. The second-order valence-corrected chi connectivity index (χ2v) is 7.90. The van der Waals surface area contributed by atoms with E-state index < -0.39 is 11.2 Å². The van der Waals surface area contributed by atoms with E-state index in [0.29, 0.717) is 31.2 Å². The number of hydrogen-bond donors (Lipinski definition) is 0. The molecule has 0 N–H and O–H groups in total. The molecule has 1 aliphatic carbocycles. The van der Waals surface area contributed by atoms with Gasteiger partial charge in [0, 0.05) is 26.2 Å². The number of halogens is 1. The third-order valence-corrected chi connectivity index (χ3v) is 6.03. The van der Waals surface area contributed by atoms with Crippen LogP contribution in [0.15, 0.2) is 18.2 Å². The average molecular weight is 360 g/mol. The standard InChI is InChI=1S/C20H25FN2O3/c1-26-17-6-5-15(21)11-16(17)18(24)23-10-8-20(13-23)7-2-9-22(19(20)25)12-14-3-4-14/h5-6,11,14H,2-4,7-10,12-13H2,1H3/t20-/m1/s1. The highest BCUT2D eigenvalue weighted by Crippen LogP contribution is 2.42. The van der Waals surface area contributed by atoms with Crippen molar-refractivity contribution in [1.82, 2.24) is 9.80 Å². The van der Waals surface area contributed by atoms with Crippen molar-refractivity contribution in [2.24, 2.45) is 11.3 Å². The molecule has 0 aromatic heterocycles. The number of carbonyl (C=O) groups is 2. The Balaban J connectivity index is 1.51. The molecule has 0 bridgehead atoms. The SMILES string of the molecule is COc1ccc(F)cc1C(=O)N1CC[C@]2(CCCN(CC3CC3)C2=O)C1. The summed E-state index contributed by atoms with van der Waals surface area (Å²) in [5, 5.41) is 0. The zero-order valence-corrected chi connectivity index (χ0v) is 15.2. The molecule has 1 spiro atoms. The first-order chi connectivity index (χ1) is 12.5. The molecule has 3 fully saturated rings. The van der Waals surface area contributed by atoms with Gasteiger partial charge in [0.2, 0.25) is 5.91 Å². The molecule has 2 aliphatic heterocycles. The van der Waals surface area contributed by atoms with Gasteiger partial charge in [-0.2, -0.15) is 0 Å². The van der Waals surface area contributed by atoms with Gasteiger partial charge < -0.3 is 14.5 Å². The number of methoxy groups -OCH3 is 1. The zero-order valence-electron chi connectivity index (χ0n) is 15.2. The van der Waals surface area contributed by atoms with Crippen molar-refractivity contribution in [3.05, 3.63) is 29.6 Å². The van der Waals surface area contributed by atoms with Gasteiger partial charge in [-0.3, -0.25) is 9.59 Å². The lowest BCUT2D eigenvalue weighted by Gasteiger charge is -2.39. The van der Waals surface area contributed by atoms with E-state index in [4.69, 9.17) is 4.74 Å². The molecule has 26 heavy (non-hydrogen) atoms. The van der Waals surface area contributed by atoms with E-state index >= 15 is 0 Å². The van der Waals surface area contributed by atoms with E-state index in [0.717, 1.165) is 25.9 Å². The number of nitrogens with zero attached hydrogens (tertiary/aromatic N) is 2. The van der Waals surface area contributed by atoms with Crippen LogP contribution in [0.2, 0.25) is 0 Å². The summed E-state index contributed by atoms with van der Waals surface area (Å²) in [7, 11) is 1.47. The smallest absolute Gasteiger partial charge is 0.257 e. The van der Waals surface area contributed by atoms with Crippen LogP contribution in [0.3, 0.4) is 0 Å². The number of amides is 2. The summed E-state index contributed by atoms with van der Waals surface area (Å²) in [6.45, 7) is 2.65. The van der Waals surface area contributed by atoms with E-state index in [9.17, 15) is 14.0 Å². The first-order valence-electron chi connectivity index (χ1n) is 9.45. The van der Waals surface area contributed by atoms with Crippen LogP contribution in [0.1, 0.15) is 42.5 Å². The Kier molecular flexibility index (Phi) is 4.37. The van der Waals surface area contributed by atoms with E-state index in [1.165, 1.54) is 38.2 Å². The lowest BCUT2D eigenvalue weighted by atomic mass is 9.78. The second-order valence-electron chi connectivity index (χ2n) is 7.90. The molecule has 6 heteroatoms. The predicted octanol–water partition coefficient (Wildman–Crippen LogP) is 2.70. The molecule has 3 aliphatic rings. The number of benzene rings is 1. The Hall–Kier alpha value is -2.11. The molecular weight excluding hydrogens is 335 g/mol. The Morgan fingerprint density at radius 3 is 2.85 bits per heavy atom. The first kappa shape index (κ1) is 17.3. The zero-order chi connectivity index (χ0) is 18.3. The van der Waals surface area contributed by atoms with Crippen LogP contribution >= 0.6 is 0 Å². The maximum Gasteiger partial charge on any atom is 0.257 e. The Bertz CT molecular complexity index is 734. The van der Waals surface area contributed by atoms with Gasteiger partial charge in [0.25, 0.3) is 5.91 Å². The lowest BCUT2D eigenvalue weighted by Crippen LogP contribution is -2.51. The fourth-order valence-corrected chi connectivity index (χ4v) is 4.38. The van der Waals surface area contributed by atoms with Crippen LogP contribution in [-0.2, 0) is 4.79 Å². The van der Waals surface area contributed by atoms with Crippen LogP contribution in [0.25, 0.3) is 0 Å². The minimum absolute atomic E-state index is 0.206. The highest BCUT2D eigenvalue weighted by molar-refractivity contribution is 5.98. The summed E-state index contributed by atoms with van der Waals surface area (Å²) in [4.78, 5) is 29.7. The summed E-state index contributed by atoms with van der Waals surface area (Å²) in [5.74, 6) is 0.516. The van der Waals surface area contributed by atoms with Gasteiger partial charge in [-0.1, -0.05) is 0 Å². The molecular formula is C20H25FN2O3. The minimum Gasteiger partial charge on any atom is -0.496 e. The van der Waals surface area contributed by atoms with Crippen LogP contribution in [0.4, 0.5) is 4.39 Å². The Labute approximate surface area is 153 Å². The van der Waals surface area contributed by atoms with Gasteiger partial charge in [-0.25, -0.2) is 4.39 Å². The molecule has 1 aromatic rings. The molecule has 0 unspecified atom stereocenters. The molecule has 1 saturated carbocycles. The quantitative estimate of drug-likeness (QED) is 0.830. The maximum absolute atomic E-state index is 13.6. The summed E-state index contributed by atoms with van der Waals surface area (Å²) >= 11 is 0. The molecule has 4 rings (SSSR count). The van der Waals surface area contributed by atoms with Crippen molar-refractivity contribution >= 4 is 11.8 Å². The Morgan fingerprint density at radius 2 is 2.12 bits per heavy atom. The van der Waals surface area contributed by atoms with Crippen molar-refractivity contribution in [3.63, 3.8) is 0 Å². The number of carbonyl (C=O) groups excluding carboxylic acids is 2. The molecule has 1 aromatic carbocycles. The average Bonchev–Trinajstić information content (AvgIpc) is 3.36. The highest BCUT2D eigenvalue weighted by atomic mass is 19.1. The van der Waals surface area contributed by atoms with Crippen LogP contribution < -0.4 is 4.74 Å². The van der Waals surface area contributed by atoms with Gasteiger partial charge in [0.15, 0.2) is 0 Å². The predicted molar refractivity (Wildman–Crippen MR) is 94.4 cm³/mol. The van der Waals surface area contributed by atoms with Gasteiger partial charge >= 0.3 is 0 Å². The van der Waals surface area contributed by atoms with Crippen molar-refractivity contribution in [2.45, 2.75) is 32.1 Å². The summed E-state index contributed by atoms with van der Waals surface area (Å²) in [6.07, 6.45) is 4.96. The molecule has 140 valence electrons. The fraction of sp³-hybridized carbons (Fsp3) is 0.600. The lowest BCUT2D eigenvalue weighted by molar-refractivity contribution is -0.145. The number of rotatable bonds is 4. The summed E-state index contributed by atoms with van der Waals surface area (Å²) < 4.78 is 18.9. The fourth-order valence-electron chi connectivity index (χ4n) is 4.38. The van der Waals surface area contributed by atoms with Gasteiger partial charge in [0.1, 0.15) is 11.6 Å². The first-order valence-corrected chi connectivity index (χ1v) is 9.45. The maximum atomic E-state index is 13.6. The minimum atomic E-state index is -0.465. The van der Waals surface area contributed by atoms with Crippen molar-refractivity contribution in [3.8, 4) is 5.75 Å². The monoisotopic (exact) mass is 360 g/mol. The van der Waals surface area contributed by atoms with E-state index in [1.807, 2.05) is 4.90 Å². The van der Waals surface area contributed by atoms with Crippen LogP contribution in [-0.4, -0.2) is 54.9 Å². The van der Waals surface area contributed by atoms with E-state index in [2.05, 4.69) is 0 Å². The molecule has 5 nitrogen and oxygen atoms in total. The van der Waals surface area contributed by atoms with Crippen LogP contribution in [0, 0.1) is 17.2 Å². The Morgan fingerprint density at radius 1 is 1.31 bits per heavy atom. The third-order valence-electron chi connectivity index (χ3n) is 6.03. The largest absolute Gasteiger partial charge is 0.496 e. The molecule has 2 amide bonds. The van der Waals surface area contributed by atoms with E-state index in [1.54, 1.807) is 4.90 Å². The van der Waals surface area contributed by atoms with Crippen molar-refractivity contribution < 1.29 is 18.7 Å². The summed E-state index contributed by atoms with van der Waals surface area (Å²) in [6, 6.07) is 3.97. The normalized spacial score (nSPS) is 25.8. The number of likely N-dealkylation sites (tertiary alicyclic amines) is 2. The third kappa shape index (κ3) is 3.06. The van der Waals surface area contributed by atoms with Crippen LogP contribution in [0.5, 0.6) is 5.75 Å². The van der Waals surface area contributed by atoms with Gasteiger partial charge in [0.05, 0.1) is 18.1 Å². The molecule has 2 saturated heterocycles. The number of piperidine rings is 1.